The largest absolute Gasteiger partial charge is 0.465 e. The van der Waals surface area contributed by atoms with Gasteiger partial charge in [0, 0.05) is 11.8 Å². The van der Waals surface area contributed by atoms with Gasteiger partial charge in [-0.15, -0.1) is 0 Å². The second kappa shape index (κ2) is 4.85. The normalized spacial score (nSPS) is 42.9. The molecule has 2 heterocycles. The number of primary amides is 1. The van der Waals surface area contributed by atoms with Crippen molar-refractivity contribution >= 4 is 6.09 Å². The molecule has 1 amide bonds. The standard InChI is InChI=1S/C15H24O2.CH3NO2/c1-13(2)12(10-11-6-4-3-5-7-11)8-9-14-15(13,16-14)17-14;2-1(3)4/h11-12H,3-10H2,1-2H3;2H2,(H,3,4). The molecule has 0 aromatic carbocycles. The van der Waals surface area contributed by atoms with Crippen LogP contribution in [-0.4, -0.2) is 22.8 Å². The first kappa shape index (κ1) is 15.1. The second-order valence-corrected chi connectivity index (χ2v) is 7.61. The number of nitrogens with two attached hydrogens (primary N) is 1. The van der Waals surface area contributed by atoms with Gasteiger partial charge in [-0.05, 0) is 24.7 Å². The van der Waals surface area contributed by atoms with E-state index in [1.807, 2.05) is 0 Å². The van der Waals surface area contributed by atoms with Crippen molar-refractivity contribution in [1.82, 2.24) is 0 Å². The molecule has 2 saturated heterocycles. The van der Waals surface area contributed by atoms with Crippen LogP contribution in [0.15, 0.2) is 0 Å². The molecule has 2 aliphatic carbocycles. The molecule has 2 aliphatic heterocycles. The van der Waals surface area contributed by atoms with E-state index in [2.05, 4.69) is 19.6 Å². The molecule has 5 nitrogen and oxygen atoms in total. The Hall–Kier alpha value is -0.810. The highest BCUT2D eigenvalue weighted by molar-refractivity contribution is 5.61. The quantitative estimate of drug-likeness (QED) is 0.764. The molecule has 21 heavy (non-hydrogen) atoms. The lowest BCUT2D eigenvalue weighted by atomic mass is 9.64. The van der Waals surface area contributed by atoms with Crippen molar-refractivity contribution in [3.63, 3.8) is 0 Å². The Morgan fingerprint density at radius 2 is 1.76 bits per heavy atom. The van der Waals surface area contributed by atoms with Gasteiger partial charge in [-0.3, -0.25) is 0 Å². The molecular formula is C16H27NO4. The van der Waals surface area contributed by atoms with E-state index >= 15 is 0 Å². The van der Waals surface area contributed by atoms with E-state index in [1.54, 1.807) is 0 Å². The molecule has 0 aromatic heterocycles. The van der Waals surface area contributed by atoms with Gasteiger partial charge in [-0.25, -0.2) is 4.79 Å². The van der Waals surface area contributed by atoms with Crippen LogP contribution in [0, 0.1) is 17.3 Å². The molecule has 1 unspecified atom stereocenters. The van der Waals surface area contributed by atoms with Crippen LogP contribution in [-0.2, 0) is 9.47 Å². The summed E-state index contributed by atoms with van der Waals surface area (Å²) >= 11 is 0. The third kappa shape index (κ3) is 2.34. The summed E-state index contributed by atoms with van der Waals surface area (Å²) in [6.45, 7) is 4.74. The molecule has 5 heteroatoms. The number of ether oxygens (including phenoxy) is 2. The third-order valence-electron chi connectivity index (χ3n) is 6.07. The minimum absolute atomic E-state index is 0.0977. The van der Waals surface area contributed by atoms with Gasteiger partial charge < -0.3 is 20.3 Å². The van der Waals surface area contributed by atoms with E-state index in [-0.39, 0.29) is 17.0 Å². The first-order chi connectivity index (χ1) is 9.83. The average Bonchev–Trinajstić information content (AvgIpc) is 3.21. The fraction of sp³-hybridized carbons (Fsp3) is 0.938. The SMILES string of the molecule is CC1(C)C(CC2CCCCC2)CCC23OC21O3.NC(=O)O. The Morgan fingerprint density at radius 1 is 1.19 bits per heavy atom. The van der Waals surface area contributed by atoms with Crippen LogP contribution < -0.4 is 5.73 Å². The van der Waals surface area contributed by atoms with Gasteiger partial charge in [0.25, 0.3) is 0 Å². The van der Waals surface area contributed by atoms with Crippen LogP contribution >= 0.6 is 0 Å². The molecule has 0 radical (unpaired) electrons. The van der Waals surface area contributed by atoms with Crippen molar-refractivity contribution in [1.29, 1.82) is 0 Å². The Labute approximate surface area is 126 Å². The van der Waals surface area contributed by atoms with Crippen LogP contribution in [0.1, 0.15) is 65.2 Å². The van der Waals surface area contributed by atoms with E-state index in [0.29, 0.717) is 0 Å². The monoisotopic (exact) mass is 297 g/mol. The van der Waals surface area contributed by atoms with Crippen LogP contribution in [0.2, 0.25) is 0 Å². The Kier molecular flexibility index (Phi) is 3.49. The highest BCUT2D eigenvalue weighted by atomic mass is 17.0. The second-order valence-electron chi connectivity index (χ2n) is 7.61. The smallest absolute Gasteiger partial charge is 0.402 e. The van der Waals surface area contributed by atoms with Crippen molar-refractivity contribution < 1.29 is 19.4 Å². The summed E-state index contributed by atoms with van der Waals surface area (Å²) in [6.07, 6.45) is 9.85. The van der Waals surface area contributed by atoms with Gasteiger partial charge in [0.2, 0.25) is 11.6 Å². The average molecular weight is 297 g/mol. The summed E-state index contributed by atoms with van der Waals surface area (Å²) in [5.41, 5.74) is 4.27. The van der Waals surface area contributed by atoms with E-state index in [0.717, 1.165) is 18.3 Å². The van der Waals surface area contributed by atoms with Crippen molar-refractivity contribution in [2.45, 2.75) is 76.8 Å². The molecule has 4 fully saturated rings. The predicted octanol–water partition coefficient (Wildman–Crippen LogP) is 3.47. The summed E-state index contributed by atoms with van der Waals surface area (Å²) in [7, 11) is 0. The molecular weight excluding hydrogens is 270 g/mol. The molecule has 120 valence electrons. The third-order valence-corrected chi connectivity index (χ3v) is 6.07. The Bertz CT molecular complexity index is 418. The lowest BCUT2D eigenvalue weighted by molar-refractivity contribution is -0.136. The van der Waals surface area contributed by atoms with Crippen LogP contribution in [0.4, 0.5) is 4.79 Å². The number of amides is 1. The number of hydrogen-bond donors (Lipinski definition) is 2. The van der Waals surface area contributed by atoms with Gasteiger partial charge >= 0.3 is 6.09 Å². The van der Waals surface area contributed by atoms with Gasteiger partial charge in [0.05, 0.1) is 0 Å². The van der Waals surface area contributed by atoms with E-state index in [4.69, 9.17) is 19.4 Å². The maximum atomic E-state index is 8.78. The number of epoxide rings is 2. The number of carbonyl (C=O) groups is 1. The summed E-state index contributed by atoms with van der Waals surface area (Å²) in [5, 5.41) is 7.19. The van der Waals surface area contributed by atoms with Crippen molar-refractivity contribution in [3.05, 3.63) is 0 Å². The summed E-state index contributed by atoms with van der Waals surface area (Å²) in [4.78, 5) is 8.78. The first-order valence-electron chi connectivity index (χ1n) is 8.22. The molecule has 2 saturated carbocycles. The van der Waals surface area contributed by atoms with Gasteiger partial charge in [0.15, 0.2) is 0 Å². The zero-order valence-corrected chi connectivity index (χ0v) is 13.1. The molecule has 3 N–H and O–H groups in total. The number of carboxylic acid groups (broad SMARTS) is 1. The van der Waals surface area contributed by atoms with Crippen LogP contribution in [0.5, 0.6) is 0 Å². The minimum atomic E-state index is -1.33. The highest BCUT2D eigenvalue weighted by Crippen LogP contribution is 2.81. The Balaban J connectivity index is 0.000000298. The maximum absolute atomic E-state index is 8.78. The van der Waals surface area contributed by atoms with Gasteiger partial charge in [0.1, 0.15) is 0 Å². The molecule has 0 aromatic rings. The van der Waals surface area contributed by atoms with Gasteiger partial charge in [-0.2, -0.15) is 0 Å². The van der Waals surface area contributed by atoms with Crippen molar-refractivity contribution in [2.24, 2.45) is 23.0 Å². The predicted molar refractivity (Wildman–Crippen MR) is 77.5 cm³/mol. The number of rotatable bonds is 2. The van der Waals surface area contributed by atoms with Crippen molar-refractivity contribution in [3.8, 4) is 0 Å². The van der Waals surface area contributed by atoms with E-state index in [9.17, 15) is 0 Å². The van der Waals surface area contributed by atoms with E-state index < -0.39 is 6.09 Å². The molecule has 0 bridgehead atoms. The van der Waals surface area contributed by atoms with Crippen LogP contribution in [0.25, 0.3) is 0 Å². The number of hydrogen-bond acceptors (Lipinski definition) is 3. The fourth-order valence-corrected chi connectivity index (χ4v) is 4.67. The zero-order chi connectivity index (χ0) is 15.3. The zero-order valence-electron chi connectivity index (χ0n) is 13.1. The topological polar surface area (TPSA) is 88.4 Å². The molecule has 4 aliphatic rings. The van der Waals surface area contributed by atoms with E-state index in [1.165, 1.54) is 44.9 Å². The summed E-state index contributed by atoms with van der Waals surface area (Å²) in [6, 6.07) is 0. The van der Waals surface area contributed by atoms with Crippen LogP contribution in [0.3, 0.4) is 0 Å². The minimum Gasteiger partial charge on any atom is -0.465 e. The maximum Gasteiger partial charge on any atom is 0.402 e. The van der Waals surface area contributed by atoms with Crippen molar-refractivity contribution in [2.75, 3.05) is 0 Å². The summed E-state index contributed by atoms with van der Waals surface area (Å²) < 4.78 is 11.7. The summed E-state index contributed by atoms with van der Waals surface area (Å²) in [5.74, 6) is 1.55. The first-order valence-corrected chi connectivity index (χ1v) is 8.22. The molecule has 0 spiro atoms. The van der Waals surface area contributed by atoms with Gasteiger partial charge in [-0.1, -0.05) is 46.0 Å². The lowest BCUT2D eigenvalue weighted by Crippen LogP contribution is -2.38. The molecule has 4 rings (SSSR count). The lowest BCUT2D eigenvalue weighted by Gasteiger charge is -2.37. The molecule has 1 atom stereocenters. The highest BCUT2D eigenvalue weighted by Gasteiger charge is 2.96. The fourth-order valence-electron chi connectivity index (χ4n) is 4.67. The Morgan fingerprint density at radius 3 is 2.33 bits per heavy atom.